The maximum atomic E-state index is 12.4. The van der Waals surface area contributed by atoms with Crippen LogP contribution in [0.4, 0.5) is 13.2 Å². The van der Waals surface area contributed by atoms with Gasteiger partial charge in [-0.1, -0.05) is 18.6 Å². The summed E-state index contributed by atoms with van der Waals surface area (Å²) >= 11 is 0. The predicted octanol–water partition coefficient (Wildman–Crippen LogP) is 3.20. The molecule has 0 atom stereocenters. The van der Waals surface area contributed by atoms with Gasteiger partial charge in [-0.15, -0.1) is 0 Å². The van der Waals surface area contributed by atoms with Crippen molar-refractivity contribution in [3.63, 3.8) is 0 Å². The molecule has 1 aromatic carbocycles. The lowest BCUT2D eigenvalue weighted by molar-refractivity contribution is -0.137. The average Bonchev–Trinajstić information content (AvgIpc) is 2.37. The van der Waals surface area contributed by atoms with Crippen LogP contribution in [0.3, 0.4) is 0 Å². The molecular weight excluding hydrogens is 241 g/mol. The van der Waals surface area contributed by atoms with Crippen molar-refractivity contribution in [2.24, 2.45) is 0 Å². The highest BCUT2D eigenvalue weighted by atomic mass is 19.4. The first kappa shape index (κ1) is 13.4. The maximum absolute atomic E-state index is 12.4. The molecule has 1 heterocycles. The van der Waals surface area contributed by atoms with Crippen molar-refractivity contribution in [1.82, 2.24) is 10.4 Å². The molecule has 18 heavy (non-hydrogen) atoms. The first-order valence-electron chi connectivity index (χ1n) is 6.20. The number of hydrazine groups is 1. The van der Waals surface area contributed by atoms with Crippen LogP contribution >= 0.6 is 0 Å². The van der Waals surface area contributed by atoms with E-state index in [0.717, 1.165) is 30.8 Å². The molecule has 0 saturated carbocycles. The minimum Gasteiger partial charge on any atom is -0.251 e. The zero-order valence-corrected chi connectivity index (χ0v) is 10.1. The topological polar surface area (TPSA) is 15.3 Å². The number of benzene rings is 1. The second kappa shape index (κ2) is 5.71. The fourth-order valence-corrected chi connectivity index (χ4v) is 2.07. The van der Waals surface area contributed by atoms with Gasteiger partial charge in [0.15, 0.2) is 0 Å². The van der Waals surface area contributed by atoms with E-state index in [2.05, 4.69) is 10.4 Å². The Kier molecular flexibility index (Phi) is 4.24. The van der Waals surface area contributed by atoms with E-state index >= 15 is 0 Å². The second-order valence-corrected chi connectivity index (χ2v) is 4.58. The van der Waals surface area contributed by atoms with E-state index in [9.17, 15) is 13.2 Å². The molecule has 1 aliphatic heterocycles. The Hall–Kier alpha value is -1.07. The van der Waals surface area contributed by atoms with E-state index in [0.29, 0.717) is 6.54 Å². The van der Waals surface area contributed by atoms with Gasteiger partial charge >= 0.3 is 6.18 Å². The number of nitrogens with one attached hydrogen (secondary N) is 1. The Morgan fingerprint density at radius 3 is 2.17 bits per heavy atom. The third-order valence-electron chi connectivity index (χ3n) is 3.14. The molecule has 1 fully saturated rings. The van der Waals surface area contributed by atoms with E-state index in [-0.39, 0.29) is 0 Å². The lowest BCUT2D eigenvalue weighted by atomic mass is 10.1. The summed E-state index contributed by atoms with van der Waals surface area (Å²) in [5.41, 5.74) is 3.52. The monoisotopic (exact) mass is 258 g/mol. The summed E-state index contributed by atoms with van der Waals surface area (Å²) < 4.78 is 37.1. The molecule has 1 saturated heterocycles. The van der Waals surface area contributed by atoms with Gasteiger partial charge in [0.2, 0.25) is 0 Å². The number of halogens is 3. The molecule has 1 aliphatic rings. The van der Waals surface area contributed by atoms with E-state index in [1.54, 1.807) is 0 Å². The van der Waals surface area contributed by atoms with Crippen LogP contribution in [0.15, 0.2) is 24.3 Å². The van der Waals surface area contributed by atoms with Gasteiger partial charge in [0.05, 0.1) is 5.56 Å². The van der Waals surface area contributed by atoms with Gasteiger partial charge in [0.1, 0.15) is 0 Å². The number of nitrogens with zero attached hydrogens (tertiary/aromatic N) is 1. The van der Waals surface area contributed by atoms with Crippen molar-refractivity contribution < 1.29 is 13.2 Å². The van der Waals surface area contributed by atoms with Crippen LogP contribution in [0.1, 0.15) is 30.4 Å². The van der Waals surface area contributed by atoms with Crippen LogP contribution in [-0.2, 0) is 12.7 Å². The molecule has 0 bridgehead atoms. The highest BCUT2D eigenvalue weighted by molar-refractivity contribution is 5.24. The summed E-state index contributed by atoms with van der Waals surface area (Å²) in [6, 6.07) is 5.32. The summed E-state index contributed by atoms with van der Waals surface area (Å²) in [6.07, 6.45) is -0.628. The van der Waals surface area contributed by atoms with Crippen molar-refractivity contribution in [2.45, 2.75) is 32.0 Å². The minimum absolute atomic E-state index is 0.581. The Labute approximate surface area is 105 Å². The van der Waals surface area contributed by atoms with Crippen molar-refractivity contribution in [1.29, 1.82) is 0 Å². The highest BCUT2D eigenvalue weighted by Crippen LogP contribution is 2.29. The zero-order valence-electron chi connectivity index (χ0n) is 10.1. The fourth-order valence-electron chi connectivity index (χ4n) is 2.07. The second-order valence-electron chi connectivity index (χ2n) is 4.58. The molecule has 1 N–H and O–H groups in total. The van der Waals surface area contributed by atoms with E-state index in [1.807, 2.05) is 0 Å². The Balaban J connectivity index is 1.86. The molecule has 2 rings (SSSR count). The van der Waals surface area contributed by atoms with E-state index in [1.165, 1.54) is 31.4 Å². The molecule has 1 aromatic rings. The van der Waals surface area contributed by atoms with Gasteiger partial charge < -0.3 is 0 Å². The molecule has 0 amide bonds. The maximum Gasteiger partial charge on any atom is 0.416 e. The van der Waals surface area contributed by atoms with Crippen LogP contribution in [0.25, 0.3) is 0 Å². The van der Waals surface area contributed by atoms with Crippen molar-refractivity contribution in [3.8, 4) is 0 Å². The Morgan fingerprint density at radius 1 is 1.00 bits per heavy atom. The van der Waals surface area contributed by atoms with Crippen LogP contribution < -0.4 is 5.43 Å². The average molecular weight is 258 g/mol. The molecule has 0 aromatic heterocycles. The molecular formula is C13H17F3N2. The Morgan fingerprint density at radius 2 is 1.61 bits per heavy atom. The molecule has 2 nitrogen and oxygen atoms in total. The lowest BCUT2D eigenvalue weighted by Crippen LogP contribution is -2.41. The van der Waals surface area contributed by atoms with Crippen molar-refractivity contribution >= 4 is 0 Å². The number of rotatable bonds is 3. The van der Waals surface area contributed by atoms with Crippen molar-refractivity contribution in [3.05, 3.63) is 35.4 Å². The summed E-state index contributed by atoms with van der Waals surface area (Å²) in [5, 5.41) is 2.14. The van der Waals surface area contributed by atoms with Gasteiger partial charge in [0.25, 0.3) is 0 Å². The summed E-state index contributed by atoms with van der Waals surface area (Å²) in [4.78, 5) is 0. The van der Waals surface area contributed by atoms with Crippen LogP contribution in [0.5, 0.6) is 0 Å². The van der Waals surface area contributed by atoms with Gasteiger partial charge in [-0.2, -0.15) is 13.2 Å². The largest absolute Gasteiger partial charge is 0.416 e. The normalized spacial score (nSPS) is 17.9. The summed E-state index contributed by atoms with van der Waals surface area (Å²) in [6.45, 7) is 2.61. The first-order chi connectivity index (χ1) is 8.55. The molecule has 0 aliphatic carbocycles. The molecule has 5 heteroatoms. The molecule has 0 unspecified atom stereocenters. The molecule has 0 radical (unpaired) electrons. The minimum atomic E-state index is -4.25. The number of hydrogen-bond donors (Lipinski definition) is 1. The summed E-state index contributed by atoms with van der Waals surface area (Å²) in [7, 11) is 0. The number of alkyl halides is 3. The molecule has 100 valence electrons. The quantitative estimate of drug-likeness (QED) is 0.895. The SMILES string of the molecule is FC(F)(F)c1ccc(CNN2CCCCC2)cc1. The van der Waals surface area contributed by atoms with E-state index in [4.69, 9.17) is 0 Å². The predicted molar refractivity (Wildman–Crippen MR) is 63.7 cm³/mol. The number of hydrogen-bond acceptors (Lipinski definition) is 2. The van der Waals surface area contributed by atoms with E-state index < -0.39 is 11.7 Å². The standard InChI is InChI=1S/C13H17F3N2/c14-13(15,16)12-6-4-11(5-7-12)10-17-18-8-2-1-3-9-18/h4-7,17H,1-3,8-10H2. The lowest BCUT2D eigenvalue weighted by Gasteiger charge is -2.27. The van der Waals surface area contributed by atoms with Gasteiger partial charge in [-0.3, -0.25) is 5.43 Å². The first-order valence-corrected chi connectivity index (χ1v) is 6.20. The van der Waals surface area contributed by atoms with Gasteiger partial charge in [0, 0.05) is 19.6 Å². The zero-order chi connectivity index (χ0) is 13.0. The third kappa shape index (κ3) is 3.71. The van der Waals surface area contributed by atoms with Crippen LogP contribution in [0.2, 0.25) is 0 Å². The van der Waals surface area contributed by atoms with Gasteiger partial charge in [-0.25, -0.2) is 5.01 Å². The smallest absolute Gasteiger partial charge is 0.251 e. The summed E-state index contributed by atoms with van der Waals surface area (Å²) in [5.74, 6) is 0. The Bertz CT molecular complexity index is 367. The fraction of sp³-hybridized carbons (Fsp3) is 0.538. The van der Waals surface area contributed by atoms with Crippen LogP contribution in [0, 0.1) is 0 Å². The van der Waals surface area contributed by atoms with Crippen LogP contribution in [-0.4, -0.2) is 18.1 Å². The van der Waals surface area contributed by atoms with Gasteiger partial charge in [-0.05, 0) is 30.5 Å². The molecule has 0 spiro atoms. The number of piperidine rings is 1. The highest BCUT2D eigenvalue weighted by Gasteiger charge is 2.29. The van der Waals surface area contributed by atoms with Crippen molar-refractivity contribution in [2.75, 3.05) is 13.1 Å². The third-order valence-corrected chi connectivity index (χ3v) is 3.14.